The van der Waals surface area contributed by atoms with Crippen LogP contribution in [0.3, 0.4) is 0 Å². The van der Waals surface area contributed by atoms with Crippen LogP contribution in [0, 0.1) is 23.3 Å². The zero-order valence-electron chi connectivity index (χ0n) is 12.4. The number of hydrogen-bond acceptors (Lipinski definition) is 4. The minimum Gasteiger partial charge on any atom is -0.455 e. The Morgan fingerprint density at radius 3 is 2.48 bits per heavy atom. The number of nitrogens with zero attached hydrogens (tertiary/aromatic N) is 1. The minimum absolute atomic E-state index is 0.00733. The molecule has 3 rings (SSSR count). The predicted molar refractivity (Wildman–Crippen MR) is 77.3 cm³/mol. The average molecular weight is 351 g/mol. The molecule has 25 heavy (non-hydrogen) atoms. The third-order valence-electron chi connectivity index (χ3n) is 3.26. The van der Waals surface area contributed by atoms with E-state index in [2.05, 4.69) is 5.16 Å². The van der Waals surface area contributed by atoms with Crippen LogP contribution in [0.4, 0.5) is 17.6 Å². The summed E-state index contributed by atoms with van der Waals surface area (Å²) in [6, 6.07) is 6.83. The summed E-state index contributed by atoms with van der Waals surface area (Å²) in [5.41, 5.74) is -0.0195. The Kier molecular flexibility index (Phi) is 4.51. The highest BCUT2D eigenvalue weighted by Gasteiger charge is 2.15. The first-order valence-corrected chi connectivity index (χ1v) is 6.97. The zero-order chi connectivity index (χ0) is 18.0. The van der Waals surface area contributed by atoms with Crippen LogP contribution in [0.1, 0.15) is 16.1 Å². The average Bonchev–Trinajstić information content (AvgIpc) is 3.04. The number of carbonyl (C=O) groups is 1. The van der Waals surface area contributed by atoms with E-state index in [1.54, 1.807) is 0 Å². The highest BCUT2D eigenvalue weighted by atomic mass is 19.2. The monoisotopic (exact) mass is 351 g/mol. The van der Waals surface area contributed by atoms with E-state index in [1.807, 2.05) is 0 Å². The fourth-order valence-electron chi connectivity index (χ4n) is 2.04. The molecule has 1 heterocycles. The maximum atomic E-state index is 13.7. The molecule has 3 aromatic rings. The Labute approximate surface area is 138 Å². The fraction of sp³-hybridized carbons (Fsp3) is 0.0588. The number of esters is 1. The van der Waals surface area contributed by atoms with Gasteiger partial charge in [-0.05, 0) is 30.3 Å². The summed E-state index contributed by atoms with van der Waals surface area (Å²) in [6.07, 6.45) is 0. The lowest BCUT2D eigenvalue weighted by Crippen LogP contribution is -2.06. The maximum Gasteiger partial charge on any atom is 0.338 e. The van der Waals surface area contributed by atoms with Crippen molar-refractivity contribution in [1.29, 1.82) is 0 Å². The summed E-state index contributed by atoms with van der Waals surface area (Å²) in [6.45, 7) is -0.329. The molecule has 0 spiro atoms. The summed E-state index contributed by atoms with van der Waals surface area (Å²) < 4.78 is 62.3. The molecule has 0 radical (unpaired) electrons. The van der Waals surface area contributed by atoms with Crippen LogP contribution in [0.15, 0.2) is 47.0 Å². The number of rotatable bonds is 4. The van der Waals surface area contributed by atoms with Crippen molar-refractivity contribution < 1.29 is 31.6 Å². The maximum absolute atomic E-state index is 13.7. The quantitative estimate of drug-likeness (QED) is 0.521. The first-order valence-electron chi connectivity index (χ1n) is 6.97. The van der Waals surface area contributed by atoms with Crippen molar-refractivity contribution in [2.45, 2.75) is 6.61 Å². The molecule has 8 heteroatoms. The highest BCUT2D eigenvalue weighted by Crippen LogP contribution is 2.24. The highest BCUT2D eigenvalue weighted by molar-refractivity contribution is 5.89. The van der Waals surface area contributed by atoms with E-state index in [1.165, 1.54) is 12.1 Å². The molecule has 2 aromatic carbocycles. The molecular weight excluding hydrogens is 342 g/mol. The van der Waals surface area contributed by atoms with Crippen molar-refractivity contribution in [2.24, 2.45) is 0 Å². The first-order chi connectivity index (χ1) is 11.9. The summed E-state index contributed by atoms with van der Waals surface area (Å²) in [5, 5.41) is 3.61. The second-order valence-electron chi connectivity index (χ2n) is 5.01. The molecule has 4 nitrogen and oxygen atoms in total. The predicted octanol–water partition coefficient (Wildman–Crippen LogP) is 4.26. The number of benzene rings is 2. The van der Waals surface area contributed by atoms with Crippen LogP contribution in [-0.2, 0) is 11.3 Å². The van der Waals surface area contributed by atoms with Gasteiger partial charge in [0, 0.05) is 12.1 Å². The molecule has 0 bridgehead atoms. The second kappa shape index (κ2) is 6.76. The van der Waals surface area contributed by atoms with E-state index in [-0.39, 0.29) is 29.2 Å². The van der Waals surface area contributed by atoms with Crippen molar-refractivity contribution in [3.63, 3.8) is 0 Å². The number of carbonyl (C=O) groups excluding carboxylic acids is 1. The van der Waals surface area contributed by atoms with Gasteiger partial charge in [0.1, 0.15) is 23.9 Å². The van der Waals surface area contributed by atoms with E-state index in [4.69, 9.17) is 9.26 Å². The van der Waals surface area contributed by atoms with Crippen molar-refractivity contribution in [1.82, 2.24) is 5.16 Å². The van der Waals surface area contributed by atoms with E-state index in [0.29, 0.717) is 12.1 Å². The Hall–Kier alpha value is -3.16. The molecule has 0 atom stereocenters. The van der Waals surface area contributed by atoms with Gasteiger partial charge in [-0.1, -0.05) is 5.16 Å². The van der Waals surface area contributed by atoms with Gasteiger partial charge in [-0.15, -0.1) is 0 Å². The van der Waals surface area contributed by atoms with Gasteiger partial charge < -0.3 is 9.26 Å². The molecule has 0 aliphatic heterocycles. The van der Waals surface area contributed by atoms with Crippen LogP contribution in [0.5, 0.6) is 0 Å². The third kappa shape index (κ3) is 3.68. The number of hydrogen-bond donors (Lipinski definition) is 0. The SMILES string of the molecule is O=C(OCc1cc(-c2ccc(F)cc2F)on1)c1ccc(F)c(F)c1. The van der Waals surface area contributed by atoms with Crippen LogP contribution >= 0.6 is 0 Å². The van der Waals surface area contributed by atoms with Crippen molar-refractivity contribution in [3.05, 3.63) is 77.0 Å². The van der Waals surface area contributed by atoms with Crippen molar-refractivity contribution >= 4 is 5.97 Å². The minimum atomic E-state index is -1.18. The summed E-state index contributed by atoms with van der Waals surface area (Å²) in [7, 11) is 0. The lowest BCUT2D eigenvalue weighted by molar-refractivity contribution is 0.0463. The summed E-state index contributed by atoms with van der Waals surface area (Å²) >= 11 is 0. The molecule has 0 fully saturated rings. The smallest absolute Gasteiger partial charge is 0.338 e. The Bertz CT molecular complexity index is 939. The van der Waals surface area contributed by atoms with Gasteiger partial charge in [0.2, 0.25) is 0 Å². The molecule has 0 saturated carbocycles. The molecular formula is C17H9F4NO3. The van der Waals surface area contributed by atoms with E-state index in [9.17, 15) is 22.4 Å². The molecule has 1 aromatic heterocycles. The standard InChI is InChI=1S/C17H9F4NO3/c18-10-2-3-12(14(20)6-10)16-7-11(22-25-16)8-24-17(23)9-1-4-13(19)15(21)5-9/h1-7H,8H2. The fourth-order valence-corrected chi connectivity index (χ4v) is 2.04. The van der Waals surface area contributed by atoms with E-state index < -0.39 is 29.2 Å². The van der Waals surface area contributed by atoms with Crippen molar-refractivity contribution in [2.75, 3.05) is 0 Å². The van der Waals surface area contributed by atoms with Crippen molar-refractivity contribution in [3.8, 4) is 11.3 Å². The number of ether oxygens (including phenoxy) is 1. The first kappa shape index (κ1) is 16.7. The number of aromatic nitrogens is 1. The van der Waals surface area contributed by atoms with Gasteiger partial charge in [-0.25, -0.2) is 22.4 Å². The van der Waals surface area contributed by atoms with Crippen LogP contribution in [-0.4, -0.2) is 11.1 Å². The summed E-state index contributed by atoms with van der Waals surface area (Å²) in [4.78, 5) is 11.8. The van der Waals surface area contributed by atoms with Gasteiger partial charge in [0.25, 0.3) is 0 Å². The molecule has 0 aliphatic carbocycles. The molecule has 0 amide bonds. The van der Waals surface area contributed by atoms with Gasteiger partial charge in [-0.3, -0.25) is 0 Å². The van der Waals surface area contributed by atoms with Crippen LogP contribution in [0.2, 0.25) is 0 Å². The normalized spacial score (nSPS) is 10.7. The molecule has 0 N–H and O–H groups in total. The van der Waals surface area contributed by atoms with Crippen LogP contribution in [0.25, 0.3) is 11.3 Å². The zero-order valence-corrected chi connectivity index (χ0v) is 12.4. The van der Waals surface area contributed by atoms with Gasteiger partial charge in [-0.2, -0.15) is 0 Å². The molecule has 0 unspecified atom stereocenters. The van der Waals surface area contributed by atoms with E-state index in [0.717, 1.165) is 18.2 Å². The molecule has 128 valence electrons. The van der Waals surface area contributed by atoms with E-state index >= 15 is 0 Å². The van der Waals surface area contributed by atoms with Gasteiger partial charge in [0.15, 0.2) is 17.4 Å². The topological polar surface area (TPSA) is 52.3 Å². The van der Waals surface area contributed by atoms with Gasteiger partial charge in [0.05, 0.1) is 11.1 Å². The summed E-state index contributed by atoms with van der Waals surface area (Å²) in [5.74, 6) is -4.69. The Balaban J connectivity index is 1.69. The van der Waals surface area contributed by atoms with Gasteiger partial charge >= 0.3 is 5.97 Å². The third-order valence-corrected chi connectivity index (χ3v) is 3.26. The lowest BCUT2D eigenvalue weighted by atomic mass is 10.1. The second-order valence-corrected chi connectivity index (χ2v) is 5.01. The number of halogens is 4. The Morgan fingerprint density at radius 2 is 1.76 bits per heavy atom. The molecule has 0 saturated heterocycles. The molecule has 0 aliphatic rings. The lowest BCUT2D eigenvalue weighted by Gasteiger charge is -2.02. The Morgan fingerprint density at radius 1 is 0.960 bits per heavy atom. The van der Waals surface area contributed by atoms with Crippen LogP contribution < -0.4 is 0 Å². The largest absolute Gasteiger partial charge is 0.455 e.